The summed E-state index contributed by atoms with van der Waals surface area (Å²) in [6, 6.07) is 22.9. The molecule has 1 N–H and O–H groups in total. The van der Waals surface area contributed by atoms with Gasteiger partial charge in [0.1, 0.15) is 12.6 Å². The van der Waals surface area contributed by atoms with Gasteiger partial charge in [0.15, 0.2) is 0 Å². The molecule has 0 heterocycles. The lowest BCUT2D eigenvalue weighted by molar-refractivity contribution is -0.139. The minimum absolute atomic E-state index is 0.103. The highest BCUT2D eigenvalue weighted by Crippen LogP contribution is 2.27. The Kier molecular flexibility index (Phi) is 11.7. The van der Waals surface area contributed by atoms with Crippen molar-refractivity contribution >= 4 is 27.5 Å². The monoisotopic (exact) mass is 591 g/mol. The zero-order valence-electron chi connectivity index (χ0n) is 25.7. The summed E-state index contributed by atoms with van der Waals surface area (Å²) in [6.07, 6.45) is 0.937. The Labute approximate surface area is 252 Å². The molecule has 0 unspecified atom stereocenters. The van der Waals surface area contributed by atoms with Crippen LogP contribution in [0.2, 0.25) is 0 Å². The summed E-state index contributed by atoms with van der Waals surface area (Å²) in [4.78, 5) is 29.1. The van der Waals surface area contributed by atoms with E-state index < -0.39 is 28.5 Å². The molecule has 0 spiro atoms. The number of aryl methyl sites for hydroxylation is 1. The molecular formula is C34H45N3O4S. The maximum Gasteiger partial charge on any atom is 0.264 e. The molecule has 0 aliphatic rings. The molecule has 0 saturated carbocycles. The van der Waals surface area contributed by atoms with E-state index in [1.807, 2.05) is 70.2 Å². The maximum absolute atomic E-state index is 14.1. The van der Waals surface area contributed by atoms with Gasteiger partial charge in [-0.05, 0) is 67.0 Å². The Morgan fingerprint density at radius 1 is 0.857 bits per heavy atom. The van der Waals surface area contributed by atoms with Crippen molar-refractivity contribution in [2.45, 2.75) is 71.2 Å². The van der Waals surface area contributed by atoms with Gasteiger partial charge >= 0.3 is 0 Å². The minimum atomic E-state index is -4.09. The number of rotatable bonds is 14. The van der Waals surface area contributed by atoms with Crippen molar-refractivity contribution in [3.05, 3.63) is 95.6 Å². The summed E-state index contributed by atoms with van der Waals surface area (Å²) in [5.41, 5.74) is 3.42. The molecule has 1 atom stereocenters. The number of nitrogens with zero attached hydrogens (tertiary/aromatic N) is 2. The third-order valence-corrected chi connectivity index (χ3v) is 9.08. The summed E-state index contributed by atoms with van der Waals surface area (Å²) in [7, 11) is -4.09. The third kappa shape index (κ3) is 8.68. The number of benzene rings is 3. The second kappa shape index (κ2) is 15.0. The molecule has 226 valence electrons. The summed E-state index contributed by atoms with van der Waals surface area (Å²) in [5, 5.41) is 2.97. The van der Waals surface area contributed by atoms with Gasteiger partial charge in [-0.25, -0.2) is 8.42 Å². The molecule has 7 nitrogen and oxygen atoms in total. The number of hydrogen-bond acceptors (Lipinski definition) is 4. The molecule has 0 saturated heterocycles. The average Bonchev–Trinajstić information content (AvgIpc) is 2.97. The lowest BCUT2D eigenvalue weighted by Crippen LogP contribution is -2.53. The zero-order chi connectivity index (χ0) is 30.9. The van der Waals surface area contributed by atoms with Crippen LogP contribution in [0.3, 0.4) is 0 Å². The summed E-state index contributed by atoms with van der Waals surface area (Å²) in [5.74, 6) is -0.141. The van der Waals surface area contributed by atoms with Crippen LogP contribution in [0, 0.1) is 12.8 Å². The highest BCUT2D eigenvalue weighted by atomic mass is 32.2. The van der Waals surface area contributed by atoms with E-state index in [1.54, 1.807) is 41.3 Å². The number of hydrogen-bond donors (Lipinski definition) is 1. The van der Waals surface area contributed by atoms with Crippen molar-refractivity contribution in [2.75, 3.05) is 23.9 Å². The fraction of sp³-hybridized carbons (Fsp3) is 0.412. The second-order valence-electron chi connectivity index (χ2n) is 11.5. The number of carbonyl (C=O) groups is 2. The molecule has 0 aliphatic carbocycles. The summed E-state index contributed by atoms with van der Waals surface area (Å²) < 4.78 is 29.2. The zero-order valence-corrected chi connectivity index (χ0v) is 26.5. The molecular weight excluding hydrogens is 546 g/mol. The van der Waals surface area contributed by atoms with Crippen molar-refractivity contribution in [2.24, 2.45) is 5.92 Å². The topological polar surface area (TPSA) is 86.8 Å². The molecule has 3 aromatic carbocycles. The van der Waals surface area contributed by atoms with Gasteiger partial charge in [-0.3, -0.25) is 13.9 Å². The Morgan fingerprint density at radius 2 is 1.48 bits per heavy atom. The van der Waals surface area contributed by atoms with E-state index in [4.69, 9.17) is 0 Å². The molecule has 3 rings (SSSR count). The molecule has 2 amide bonds. The molecule has 3 aromatic rings. The van der Waals surface area contributed by atoms with Gasteiger partial charge in [-0.2, -0.15) is 0 Å². The van der Waals surface area contributed by atoms with E-state index in [0.29, 0.717) is 25.1 Å². The van der Waals surface area contributed by atoms with Crippen LogP contribution in [-0.4, -0.2) is 50.8 Å². The van der Waals surface area contributed by atoms with Crippen molar-refractivity contribution in [3.8, 4) is 0 Å². The van der Waals surface area contributed by atoms with Crippen molar-refractivity contribution in [3.63, 3.8) is 0 Å². The Morgan fingerprint density at radius 3 is 2.02 bits per heavy atom. The second-order valence-corrected chi connectivity index (χ2v) is 13.3. The summed E-state index contributed by atoms with van der Waals surface area (Å²) in [6.45, 7) is 12.3. The average molecular weight is 592 g/mol. The smallest absolute Gasteiger partial charge is 0.264 e. The molecule has 0 fully saturated rings. The van der Waals surface area contributed by atoms with Gasteiger partial charge in [-0.15, -0.1) is 0 Å². The van der Waals surface area contributed by atoms with Crippen LogP contribution < -0.4 is 9.62 Å². The van der Waals surface area contributed by atoms with Gasteiger partial charge in [0.05, 0.1) is 10.6 Å². The van der Waals surface area contributed by atoms with Crippen molar-refractivity contribution < 1.29 is 18.0 Å². The molecule has 8 heteroatoms. The highest BCUT2D eigenvalue weighted by Gasteiger charge is 2.33. The van der Waals surface area contributed by atoms with E-state index in [0.717, 1.165) is 16.7 Å². The molecule has 0 aromatic heterocycles. The normalized spacial score (nSPS) is 12.3. The Balaban J connectivity index is 2.01. The lowest BCUT2D eigenvalue weighted by Gasteiger charge is -2.33. The van der Waals surface area contributed by atoms with E-state index in [2.05, 4.69) is 19.2 Å². The SMILES string of the molecule is CC[C@@H](C(=O)NCC(C)C)N(CCc1ccccc1)C(=O)CN(c1ccc(C(C)C)cc1)S(=O)(=O)c1ccc(C)cc1. The standard InChI is InChI=1S/C34H45N3O4S/c1-7-32(34(39)35-23-25(2)3)36(22-21-28-11-9-8-10-12-28)33(38)24-37(30-17-15-29(16-18-30)26(4)5)42(40,41)31-19-13-27(6)14-20-31/h8-20,25-26,32H,7,21-24H2,1-6H3,(H,35,39)/t32-/m0/s1. The van der Waals surface area contributed by atoms with Gasteiger partial charge in [0.25, 0.3) is 10.0 Å². The first-order valence-electron chi connectivity index (χ1n) is 14.7. The quantitative estimate of drug-likeness (QED) is 0.252. The molecule has 0 bridgehead atoms. The number of amides is 2. The predicted molar refractivity (Wildman–Crippen MR) is 170 cm³/mol. The van der Waals surface area contributed by atoms with Gasteiger partial charge < -0.3 is 10.2 Å². The highest BCUT2D eigenvalue weighted by molar-refractivity contribution is 7.92. The van der Waals surface area contributed by atoms with Crippen LogP contribution >= 0.6 is 0 Å². The van der Waals surface area contributed by atoms with Crippen molar-refractivity contribution in [1.82, 2.24) is 10.2 Å². The van der Waals surface area contributed by atoms with E-state index >= 15 is 0 Å². The molecule has 0 aliphatic heterocycles. The lowest BCUT2D eigenvalue weighted by atomic mass is 10.0. The Hall–Kier alpha value is -3.65. The number of carbonyl (C=O) groups excluding carboxylic acids is 2. The van der Waals surface area contributed by atoms with Crippen LogP contribution in [0.4, 0.5) is 5.69 Å². The fourth-order valence-corrected chi connectivity index (χ4v) is 6.12. The number of nitrogens with one attached hydrogen (secondary N) is 1. The van der Waals surface area contributed by atoms with Gasteiger partial charge in [0, 0.05) is 13.1 Å². The van der Waals surface area contributed by atoms with Crippen LogP contribution in [0.15, 0.2) is 83.8 Å². The van der Waals surface area contributed by atoms with Crippen LogP contribution in [0.25, 0.3) is 0 Å². The first kappa shape index (κ1) is 32.9. The largest absolute Gasteiger partial charge is 0.354 e. The number of anilines is 1. The predicted octanol–water partition coefficient (Wildman–Crippen LogP) is 5.94. The summed E-state index contributed by atoms with van der Waals surface area (Å²) >= 11 is 0. The molecule has 0 radical (unpaired) electrons. The van der Waals surface area contributed by atoms with E-state index in [1.165, 1.54) is 4.31 Å². The van der Waals surface area contributed by atoms with E-state index in [9.17, 15) is 18.0 Å². The minimum Gasteiger partial charge on any atom is -0.354 e. The maximum atomic E-state index is 14.1. The van der Waals surface area contributed by atoms with Gasteiger partial charge in [0.2, 0.25) is 11.8 Å². The van der Waals surface area contributed by atoms with Crippen LogP contribution in [0.1, 0.15) is 63.6 Å². The van der Waals surface area contributed by atoms with E-state index in [-0.39, 0.29) is 29.2 Å². The fourth-order valence-electron chi connectivity index (χ4n) is 4.71. The van der Waals surface area contributed by atoms with Crippen LogP contribution in [-0.2, 0) is 26.0 Å². The molecule has 42 heavy (non-hydrogen) atoms. The third-order valence-electron chi connectivity index (χ3n) is 7.29. The van der Waals surface area contributed by atoms with Gasteiger partial charge in [-0.1, -0.05) is 94.8 Å². The first-order valence-corrected chi connectivity index (χ1v) is 16.2. The first-order chi connectivity index (χ1) is 19.9. The number of sulfonamides is 1. The van der Waals surface area contributed by atoms with Crippen LogP contribution in [0.5, 0.6) is 0 Å². The Bertz CT molecular complexity index is 1400. The van der Waals surface area contributed by atoms with Crippen molar-refractivity contribution in [1.29, 1.82) is 0 Å².